The Bertz CT molecular complexity index is 581. The van der Waals surface area contributed by atoms with E-state index >= 15 is 0 Å². The van der Waals surface area contributed by atoms with Crippen LogP contribution in [0.1, 0.15) is 50.5 Å². The summed E-state index contributed by atoms with van der Waals surface area (Å²) in [6.45, 7) is 4.20. The third-order valence-electron chi connectivity index (χ3n) is 3.98. The fourth-order valence-corrected chi connectivity index (χ4v) is 4.43. The maximum Gasteiger partial charge on any atom is 0.329 e. The molecule has 2 unspecified atom stereocenters. The summed E-state index contributed by atoms with van der Waals surface area (Å²) >= 11 is 7.69. The van der Waals surface area contributed by atoms with E-state index in [4.69, 9.17) is 16.3 Å². The van der Waals surface area contributed by atoms with E-state index < -0.39 is 6.04 Å². The summed E-state index contributed by atoms with van der Waals surface area (Å²) in [7, 11) is 0. The van der Waals surface area contributed by atoms with Crippen molar-refractivity contribution in [3.63, 3.8) is 0 Å². The summed E-state index contributed by atoms with van der Waals surface area (Å²) in [4.78, 5) is 26.8. The molecule has 0 aliphatic carbocycles. The quantitative estimate of drug-likeness (QED) is 0.527. The normalized spacial score (nSPS) is 20.2. The van der Waals surface area contributed by atoms with Crippen LogP contribution in [0.4, 0.5) is 0 Å². The van der Waals surface area contributed by atoms with Gasteiger partial charge in [0.25, 0.3) is 0 Å². The Balaban J connectivity index is 2.22. The van der Waals surface area contributed by atoms with Crippen molar-refractivity contribution in [2.45, 2.75) is 50.9 Å². The second-order valence-electron chi connectivity index (χ2n) is 5.77. The molecule has 1 heterocycles. The molecule has 0 radical (unpaired) electrons. The summed E-state index contributed by atoms with van der Waals surface area (Å²) in [6, 6.07) is 6.96. The topological polar surface area (TPSA) is 46.6 Å². The number of esters is 1. The summed E-state index contributed by atoms with van der Waals surface area (Å²) in [5, 5.41) is 0.443. The predicted octanol–water partition coefficient (Wildman–Crippen LogP) is 4.43. The van der Waals surface area contributed by atoms with Crippen molar-refractivity contribution >= 4 is 35.2 Å². The number of unbranched alkanes of at least 4 members (excludes halogenated alkanes) is 2. The van der Waals surface area contributed by atoms with E-state index in [1.165, 1.54) is 0 Å². The highest BCUT2D eigenvalue weighted by Crippen LogP contribution is 2.42. The van der Waals surface area contributed by atoms with Crippen molar-refractivity contribution in [3.8, 4) is 0 Å². The SMILES string of the molecule is CCCCCC(=O)N1C(C(=O)OCC)CSC1c1cccc(Cl)c1. The molecule has 0 N–H and O–H groups in total. The molecule has 1 aliphatic heterocycles. The second kappa shape index (κ2) is 9.33. The van der Waals surface area contributed by atoms with E-state index in [9.17, 15) is 9.59 Å². The van der Waals surface area contributed by atoms with E-state index in [1.54, 1.807) is 29.7 Å². The molecule has 1 aromatic rings. The Morgan fingerprint density at radius 1 is 1.33 bits per heavy atom. The van der Waals surface area contributed by atoms with Gasteiger partial charge in [-0.2, -0.15) is 0 Å². The number of hydrogen-bond donors (Lipinski definition) is 0. The van der Waals surface area contributed by atoms with Crippen LogP contribution < -0.4 is 0 Å². The molecule has 2 rings (SSSR count). The zero-order valence-corrected chi connectivity index (χ0v) is 15.7. The predicted molar refractivity (Wildman–Crippen MR) is 98.1 cm³/mol. The number of nitrogens with zero attached hydrogens (tertiary/aromatic N) is 1. The molecule has 1 fully saturated rings. The van der Waals surface area contributed by atoms with E-state index in [1.807, 2.05) is 18.2 Å². The smallest absolute Gasteiger partial charge is 0.329 e. The number of halogens is 1. The van der Waals surface area contributed by atoms with E-state index in [2.05, 4.69) is 6.92 Å². The third kappa shape index (κ3) is 4.67. The van der Waals surface area contributed by atoms with Gasteiger partial charge in [-0.05, 0) is 31.0 Å². The maximum absolute atomic E-state index is 12.8. The van der Waals surface area contributed by atoms with Gasteiger partial charge in [-0.1, -0.05) is 43.5 Å². The van der Waals surface area contributed by atoms with E-state index in [-0.39, 0.29) is 17.3 Å². The summed E-state index contributed by atoms with van der Waals surface area (Å²) in [6.07, 6.45) is 3.37. The first-order valence-electron chi connectivity index (χ1n) is 8.43. The molecular weight excluding hydrogens is 346 g/mol. The lowest BCUT2D eigenvalue weighted by molar-refractivity contribution is -0.153. The number of ether oxygens (including phenoxy) is 1. The maximum atomic E-state index is 12.8. The minimum atomic E-state index is -0.520. The van der Waals surface area contributed by atoms with Gasteiger partial charge >= 0.3 is 5.97 Å². The first-order valence-corrected chi connectivity index (χ1v) is 9.86. The number of amides is 1. The van der Waals surface area contributed by atoms with Crippen LogP contribution in [-0.2, 0) is 14.3 Å². The molecule has 1 amide bonds. The van der Waals surface area contributed by atoms with Gasteiger partial charge in [0, 0.05) is 17.2 Å². The summed E-state index contributed by atoms with van der Waals surface area (Å²) in [5.41, 5.74) is 0.947. The van der Waals surface area contributed by atoms with Crippen LogP contribution >= 0.6 is 23.4 Å². The van der Waals surface area contributed by atoms with Crippen molar-refractivity contribution in [1.82, 2.24) is 4.90 Å². The fourth-order valence-electron chi connectivity index (χ4n) is 2.80. The Morgan fingerprint density at radius 2 is 2.12 bits per heavy atom. The minimum Gasteiger partial charge on any atom is -0.464 e. The van der Waals surface area contributed by atoms with Crippen molar-refractivity contribution < 1.29 is 14.3 Å². The highest BCUT2D eigenvalue weighted by molar-refractivity contribution is 7.99. The van der Waals surface area contributed by atoms with Crippen molar-refractivity contribution in [1.29, 1.82) is 0 Å². The van der Waals surface area contributed by atoms with Gasteiger partial charge in [0.15, 0.2) is 0 Å². The summed E-state index contributed by atoms with van der Waals surface area (Å²) < 4.78 is 5.17. The highest BCUT2D eigenvalue weighted by Gasteiger charge is 2.42. The number of benzene rings is 1. The molecule has 132 valence electrons. The number of rotatable bonds is 7. The monoisotopic (exact) mass is 369 g/mol. The second-order valence-corrected chi connectivity index (χ2v) is 7.32. The molecular formula is C18H24ClNO3S. The Hall–Kier alpha value is -1.20. The Morgan fingerprint density at radius 3 is 2.79 bits per heavy atom. The average Bonchev–Trinajstić information content (AvgIpc) is 3.00. The molecule has 0 spiro atoms. The molecule has 1 aliphatic rings. The van der Waals surface area contributed by atoms with Crippen LogP contribution in [-0.4, -0.2) is 35.2 Å². The molecule has 2 atom stereocenters. The number of hydrogen-bond acceptors (Lipinski definition) is 4. The average molecular weight is 370 g/mol. The third-order valence-corrected chi connectivity index (χ3v) is 5.53. The van der Waals surface area contributed by atoms with E-state index in [0.29, 0.717) is 23.8 Å². The molecule has 4 nitrogen and oxygen atoms in total. The van der Waals surface area contributed by atoms with Crippen LogP contribution in [0, 0.1) is 0 Å². The van der Waals surface area contributed by atoms with Crippen LogP contribution in [0.2, 0.25) is 5.02 Å². The van der Waals surface area contributed by atoms with Gasteiger partial charge in [-0.25, -0.2) is 4.79 Å². The molecule has 24 heavy (non-hydrogen) atoms. The molecule has 1 aromatic carbocycles. The zero-order chi connectivity index (χ0) is 17.5. The Labute approximate surface area is 152 Å². The molecule has 6 heteroatoms. The zero-order valence-electron chi connectivity index (χ0n) is 14.2. The molecule has 0 saturated carbocycles. The van der Waals surface area contributed by atoms with Crippen molar-refractivity contribution in [3.05, 3.63) is 34.9 Å². The number of carbonyl (C=O) groups excluding carboxylic acids is 2. The summed E-state index contributed by atoms with van der Waals surface area (Å²) in [5.74, 6) is 0.241. The lowest BCUT2D eigenvalue weighted by atomic mass is 10.1. The first-order chi connectivity index (χ1) is 11.6. The van der Waals surface area contributed by atoms with Gasteiger partial charge < -0.3 is 9.64 Å². The van der Waals surface area contributed by atoms with Crippen LogP contribution in [0.25, 0.3) is 0 Å². The van der Waals surface area contributed by atoms with Crippen LogP contribution in [0.5, 0.6) is 0 Å². The lowest BCUT2D eigenvalue weighted by Gasteiger charge is -2.28. The fraction of sp³-hybridized carbons (Fsp3) is 0.556. The van der Waals surface area contributed by atoms with Crippen LogP contribution in [0.3, 0.4) is 0 Å². The number of thioether (sulfide) groups is 1. The largest absolute Gasteiger partial charge is 0.464 e. The number of carbonyl (C=O) groups is 2. The molecule has 0 aromatic heterocycles. The molecule has 1 saturated heterocycles. The van der Waals surface area contributed by atoms with Crippen molar-refractivity contribution in [2.24, 2.45) is 0 Å². The first kappa shape index (κ1) is 19.1. The van der Waals surface area contributed by atoms with Gasteiger partial charge in [-0.15, -0.1) is 11.8 Å². The minimum absolute atomic E-state index is 0.0106. The standard InChI is InChI=1S/C18H24ClNO3S/c1-3-5-6-10-16(21)20-15(18(22)23-4-2)12-24-17(20)13-8-7-9-14(19)11-13/h7-9,11,15,17H,3-6,10,12H2,1-2H3. The van der Waals surface area contributed by atoms with Crippen molar-refractivity contribution in [2.75, 3.05) is 12.4 Å². The molecule has 0 bridgehead atoms. The van der Waals surface area contributed by atoms with Gasteiger partial charge in [0.1, 0.15) is 11.4 Å². The van der Waals surface area contributed by atoms with Gasteiger partial charge in [-0.3, -0.25) is 4.79 Å². The van der Waals surface area contributed by atoms with Gasteiger partial charge in [0.2, 0.25) is 5.91 Å². The lowest BCUT2D eigenvalue weighted by Crippen LogP contribution is -2.43. The van der Waals surface area contributed by atoms with Crippen LogP contribution in [0.15, 0.2) is 24.3 Å². The van der Waals surface area contributed by atoms with E-state index in [0.717, 1.165) is 24.8 Å². The van der Waals surface area contributed by atoms with Gasteiger partial charge in [0.05, 0.1) is 6.61 Å². The highest BCUT2D eigenvalue weighted by atomic mass is 35.5. The Kier molecular flexibility index (Phi) is 7.43.